The maximum absolute atomic E-state index is 14.1. The van der Waals surface area contributed by atoms with Gasteiger partial charge in [-0.3, -0.25) is 19.2 Å². The number of aryl methyl sites for hydroxylation is 4. The number of carbonyl (C=O) groups excluding carboxylic acids is 4. The summed E-state index contributed by atoms with van der Waals surface area (Å²) < 4.78 is 0. The minimum absolute atomic E-state index is 0.106. The van der Waals surface area contributed by atoms with Gasteiger partial charge in [-0.1, -0.05) is 105 Å². The summed E-state index contributed by atoms with van der Waals surface area (Å²) in [5.41, 5.74) is 8.67. The van der Waals surface area contributed by atoms with Crippen molar-refractivity contribution in [3.63, 3.8) is 0 Å². The monoisotopic (exact) mass is 723 g/mol. The molecule has 4 amide bonds. The minimum atomic E-state index is -0.423. The van der Waals surface area contributed by atoms with Crippen molar-refractivity contribution in [1.82, 2.24) is 0 Å². The van der Waals surface area contributed by atoms with Crippen molar-refractivity contribution in [2.45, 2.75) is 140 Å². The largest absolute Gasteiger partial charge is 0.274 e. The van der Waals surface area contributed by atoms with E-state index in [9.17, 15) is 19.2 Å². The maximum atomic E-state index is 14.1. The third-order valence-electron chi connectivity index (χ3n) is 11.3. The van der Waals surface area contributed by atoms with Crippen molar-refractivity contribution >= 4 is 35.0 Å². The van der Waals surface area contributed by atoms with Crippen LogP contribution in [-0.2, 0) is 51.3 Å². The van der Waals surface area contributed by atoms with Gasteiger partial charge in [0, 0.05) is 18.6 Å². The standard InChI is InChI=1S/C47H66N2O4/c1-12-37-24-35(25-38(13-2)45(37)48-42(50)16-17-43(48)51)23-36-26-39(14-3)46(40(15-4)27-36)49-44(52)28-41(47(49)53)34(11)22-33(10)21-32(9)20-31(8)19-30(7)18-29(5)6/h16-17,22,24-27,29-33,41H,12-15,18-21,23,28H2,1-11H3/b34-22+. The van der Waals surface area contributed by atoms with Crippen molar-refractivity contribution in [2.75, 3.05) is 9.80 Å². The summed E-state index contributed by atoms with van der Waals surface area (Å²) in [7, 11) is 0. The van der Waals surface area contributed by atoms with Crippen molar-refractivity contribution < 1.29 is 19.2 Å². The molecule has 2 aromatic rings. The molecule has 2 aliphatic rings. The van der Waals surface area contributed by atoms with Crippen LogP contribution in [0.25, 0.3) is 0 Å². The Balaban J connectivity index is 1.53. The molecule has 5 atom stereocenters. The van der Waals surface area contributed by atoms with E-state index in [1.54, 1.807) is 0 Å². The van der Waals surface area contributed by atoms with E-state index in [4.69, 9.17) is 0 Å². The molecule has 0 aromatic heterocycles. The molecule has 2 aliphatic heterocycles. The molecule has 1 saturated heterocycles. The molecule has 1 fully saturated rings. The number of amides is 4. The molecule has 6 nitrogen and oxygen atoms in total. The topological polar surface area (TPSA) is 74.8 Å². The summed E-state index contributed by atoms with van der Waals surface area (Å²) in [5, 5.41) is 0. The van der Waals surface area contributed by atoms with Gasteiger partial charge in [-0.05, 0) is 128 Å². The molecular weight excluding hydrogens is 657 g/mol. The average molecular weight is 723 g/mol. The number of allylic oxidation sites excluding steroid dienone is 1. The molecule has 2 heterocycles. The van der Waals surface area contributed by atoms with E-state index in [1.165, 1.54) is 41.2 Å². The molecule has 53 heavy (non-hydrogen) atoms. The lowest BCUT2D eigenvalue weighted by molar-refractivity contribution is -0.122. The van der Waals surface area contributed by atoms with Gasteiger partial charge in [0.15, 0.2) is 0 Å². The maximum Gasteiger partial charge on any atom is 0.258 e. The van der Waals surface area contributed by atoms with Crippen LogP contribution in [0.1, 0.15) is 142 Å². The molecule has 288 valence electrons. The molecule has 5 unspecified atom stereocenters. The molecular formula is C47H66N2O4. The number of hydrogen-bond donors (Lipinski definition) is 0. The Morgan fingerprint density at radius 2 is 1.06 bits per heavy atom. The summed E-state index contributed by atoms with van der Waals surface area (Å²) in [4.78, 5) is 55.9. The van der Waals surface area contributed by atoms with Gasteiger partial charge < -0.3 is 0 Å². The average Bonchev–Trinajstić information content (AvgIpc) is 3.58. The molecule has 0 radical (unpaired) electrons. The molecule has 0 bridgehead atoms. The highest BCUT2D eigenvalue weighted by molar-refractivity contribution is 6.28. The van der Waals surface area contributed by atoms with Crippen LogP contribution in [0.4, 0.5) is 11.4 Å². The SMILES string of the molecule is CCc1cc(Cc2cc(CC)c(N3C(=O)CC(/C(C)=C/C(C)CC(C)CC(C)CC(C)CC(C)C)C3=O)c(CC)c2)cc(CC)c1N1C(=O)C=CC1=O. The zero-order valence-electron chi connectivity index (χ0n) is 34.6. The van der Waals surface area contributed by atoms with Gasteiger partial charge in [-0.15, -0.1) is 0 Å². The van der Waals surface area contributed by atoms with Gasteiger partial charge in [0.1, 0.15) is 0 Å². The molecule has 0 N–H and O–H groups in total. The van der Waals surface area contributed by atoms with Crippen LogP contribution < -0.4 is 9.80 Å². The van der Waals surface area contributed by atoms with Crippen LogP contribution in [0.5, 0.6) is 0 Å². The predicted octanol–water partition coefficient (Wildman–Crippen LogP) is 10.5. The van der Waals surface area contributed by atoms with Gasteiger partial charge in [0.05, 0.1) is 17.3 Å². The highest BCUT2D eigenvalue weighted by atomic mass is 16.2. The molecule has 4 rings (SSSR count). The second-order valence-electron chi connectivity index (χ2n) is 16.8. The van der Waals surface area contributed by atoms with Gasteiger partial charge in [0.2, 0.25) is 11.8 Å². The van der Waals surface area contributed by atoms with E-state index in [2.05, 4.69) is 85.7 Å². The van der Waals surface area contributed by atoms with E-state index in [-0.39, 0.29) is 30.0 Å². The van der Waals surface area contributed by atoms with E-state index >= 15 is 0 Å². The summed E-state index contributed by atoms with van der Waals surface area (Å²) in [6, 6.07) is 8.54. The first kappa shape index (κ1) is 41.9. The van der Waals surface area contributed by atoms with Crippen LogP contribution in [0.3, 0.4) is 0 Å². The summed E-state index contributed by atoms with van der Waals surface area (Å²) in [6.07, 6.45) is 13.4. The summed E-state index contributed by atoms with van der Waals surface area (Å²) >= 11 is 0. The van der Waals surface area contributed by atoms with E-state index < -0.39 is 5.92 Å². The van der Waals surface area contributed by atoms with Gasteiger partial charge in [-0.2, -0.15) is 0 Å². The Bertz CT molecular complexity index is 1660. The quantitative estimate of drug-likeness (QED) is 0.113. The number of carbonyl (C=O) groups is 4. The minimum Gasteiger partial charge on any atom is -0.274 e. The number of benzene rings is 2. The van der Waals surface area contributed by atoms with Crippen LogP contribution in [-0.4, -0.2) is 23.6 Å². The Kier molecular flexibility index (Phi) is 14.6. The number of hydrogen-bond acceptors (Lipinski definition) is 4. The van der Waals surface area contributed by atoms with Crippen LogP contribution >= 0.6 is 0 Å². The van der Waals surface area contributed by atoms with E-state index in [0.29, 0.717) is 55.5 Å². The molecule has 6 heteroatoms. The highest BCUT2D eigenvalue weighted by Crippen LogP contribution is 2.38. The second-order valence-corrected chi connectivity index (χ2v) is 16.8. The van der Waals surface area contributed by atoms with E-state index in [1.807, 2.05) is 20.8 Å². The van der Waals surface area contributed by atoms with Crippen molar-refractivity contribution in [3.05, 3.63) is 81.4 Å². The smallest absolute Gasteiger partial charge is 0.258 e. The fourth-order valence-corrected chi connectivity index (χ4v) is 9.33. The van der Waals surface area contributed by atoms with E-state index in [0.717, 1.165) is 62.9 Å². The van der Waals surface area contributed by atoms with Crippen LogP contribution in [0.2, 0.25) is 0 Å². The first-order chi connectivity index (χ1) is 25.1. The Hall–Kier alpha value is -3.80. The lowest BCUT2D eigenvalue weighted by Gasteiger charge is -2.25. The number of imide groups is 2. The zero-order valence-corrected chi connectivity index (χ0v) is 34.6. The van der Waals surface area contributed by atoms with Crippen molar-refractivity contribution in [3.8, 4) is 0 Å². The first-order valence-corrected chi connectivity index (χ1v) is 20.5. The zero-order chi connectivity index (χ0) is 39.1. The van der Waals surface area contributed by atoms with Gasteiger partial charge >= 0.3 is 0 Å². The lowest BCUT2D eigenvalue weighted by atomic mass is 9.83. The summed E-state index contributed by atoms with van der Waals surface area (Å²) in [6.45, 7) is 24.3. The predicted molar refractivity (Wildman–Crippen MR) is 219 cm³/mol. The molecule has 0 spiro atoms. The Labute approximate surface area is 320 Å². The Morgan fingerprint density at radius 1 is 0.642 bits per heavy atom. The number of rotatable bonds is 18. The second kappa shape index (κ2) is 18.5. The van der Waals surface area contributed by atoms with Gasteiger partial charge in [-0.25, -0.2) is 9.80 Å². The lowest BCUT2D eigenvalue weighted by Crippen LogP contribution is -2.32. The fraction of sp³-hybridized carbons (Fsp3) is 0.574. The number of nitrogens with zero attached hydrogens (tertiary/aromatic N) is 2. The molecule has 2 aromatic carbocycles. The number of anilines is 2. The Morgan fingerprint density at radius 3 is 1.49 bits per heavy atom. The molecule has 0 saturated carbocycles. The third kappa shape index (κ3) is 10.0. The van der Waals surface area contributed by atoms with Crippen LogP contribution in [0, 0.1) is 35.5 Å². The van der Waals surface area contributed by atoms with Crippen molar-refractivity contribution in [1.29, 1.82) is 0 Å². The molecule has 0 aliphatic carbocycles. The van der Waals surface area contributed by atoms with Crippen LogP contribution in [0.15, 0.2) is 48.1 Å². The highest BCUT2D eigenvalue weighted by Gasteiger charge is 2.42. The first-order valence-electron chi connectivity index (χ1n) is 20.5. The normalized spacial score (nSPS) is 18.9. The third-order valence-corrected chi connectivity index (χ3v) is 11.3. The van der Waals surface area contributed by atoms with Gasteiger partial charge in [0.25, 0.3) is 11.8 Å². The van der Waals surface area contributed by atoms with Crippen molar-refractivity contribution in [2.24, 2.45) is 35.5 Å². The fourth-order valence-electron chi connectivity index (χ4n) is 9.33. The summed E-state index contributed by atoms with van der Waals surface area (Å²) in [5.74, 6) is 1.89.